The van der Waals surface area contributed by atoms with Crippen LogP contribution in [-0.2, 0) is 11.3 Å². The van der Waals surface area contributed by atoms with Gasteiger partial charge in [-0.2, -0.15) is 0 Å². The average Bonchev–Trinajstić information content (AvgIpc) is 2.36. The molecular weight excluding hydrogens is 240 g/mol. The Kier molecular flexibility index (Phi) is 5.80. The number of amides is 1. The van der Waals surface area contributed by atoms with E-state index in [1.54, 1.807) is 13.3 Å². The Labute approximate surface area is 115 Å². The lowest BCUT2D eigenvalue weighted by Gasteiger charge is -2.13. The molecule has 0 saturated carbocycles. The summed E-state index contributed by atoms with van der Waals surface area (Å²) in [6.07, 6.45) is 3.26. The number of carbonyl (C=O) groups is 1. The molecule has 0 spiro atoms. The van der Waals surface area contributed by atoms with E-state index in [0.29, 0.717) is 18.9 Å². The number of carbonyl (C=O) groups excluding carboxylic acids is 1. The summed E-state index contributed by atoms with van der Waals surface area (Å²) in [5.74, 6) is 1.47. The number of pyridine rings is 1. The summed E-state index contributed by atoms with van der Waals surface area (Å²) < 4.78 is 5.35. The van der Waals surface area contributed by atoms with E-state index < -0.39 is 0 Å². The third-order valence-electron chi connectivity index (χ3n) is 3.15. The summed E-state index contributed by atoms with van der Waals surface area (Å²) in [6.45, 7) is 8.62. The van der Waals surface area contributed by atoms with Crippen molar-refractivity contribution in [3.63, 3.8) is 0 Å². The summed E-state index contributed by atoms with van der Waals surface area (Å²) in [5, 5.41) is 2.91. The Morgan fingerprint density at radius 1 is 1.42 bits per heavy atom. The number of nitrogens with zero attached hydrogens (tertiary/aromatic N) is 1. The highest BCUT2D eigenvalue weighted by Crippen LogP contribution is 2.23. The predicted molar refractivity (Wildman–Crippen MR) is 76.2 cm³/mol. The molecule has 1 aromatic heterocycles. The van der Waals surface area contributed by atoms with Gasteiger partial charge in [-0.1, -0.05) is 13.8 Å². The Hall–Kier alpha value is -1.58. The molecule has 1 rings (SSSR count). The quantitative estimate of drug-likeness (QED) is 0.859. The molecule has 19 heavy (non-hydrogen) atoms. The second kappa shape index (κ2) is 7.12. The van der Waals surface area contributed by atoms with Crippen LogP contribution in [0.4, 0.5) is 0 Å². The van der Waals surface area contributed by atoms with Crippen LogP contribution < -0.4 is 10.1 Å². The summed E-state index contributed by atoms with van der Waals surface area (Å²) in [7, 11) is 1.65. The summed E-state index contributed by atoms with van der Waals surface area (Å²) >= 11 is 0. The Morgan fingerprint density at radius 2 is 2.11 bits per heavy atom. The SMILES string of the molecule is COc1c(C)cnc(CNC(=O)CCC(C)C)c1C. The van der Waals surface area contributed by atoms with Gasteiger partial charge in [0.1, 0.15) is 5.75 Å². The smallest absolute Gasteiger partial charge is 0.220 e. The third-order valence-corrected chi connectivity index (χ3v) is 3.15. The van der Waals surface area contributed by atoms with Gasteiger partial charge in [-0.05, 0) is 26.2 Å². The normalized spacial score (nSPS) is 10.6. The van der Waals surface area contributed by atoms with Crippen molar-refractivity contribution in [3.8, 4) is 5.75 Å². The van der Waals surface area contributed by atoms with E-state index in [1.807, 2.05) is 13.8 Å². The van der Waals surface area contributed by atoms with Gasteiger partial charge in [0.15, 0.2) is 0 Å². The van der Waals surface area contributed by atoms with Crippen molar-refractivity contribution in [1.82, 2.24) is 10.3 Å². The molecule has 1 N–H and O–H groups in total. The predicted octanol–water partition coefficient (Wildman–Crippen LogP) is 2.76. The lowest BCUT2D eigenvalue weighted by molar-refractivity contribution is -0.121. The van der Waals surface area contributed by atoms with Crippen LogP contribution in [0.2, 0.25) is 0 Å². The van der Waals surface area contributed by atoms with Gasteiger partial charge in [0.2, 0.25) is 5.91 Å². The van der Waals surface area contributed by atoms with E-state index in [4.69, 9.17) is 4.74 Å². The second-order valence-electron chi connectivity index (χ2n) is 5.26. The first-order valence-electron chi connectivity index (χ1n) is 6.71. The van der Waals surface area contributed by atoms with E-state index in [0.717, 1.165) is 29.0 Å². The second-order valence-corrected chi connectivity index (χ2v) is 5.26. The molecule has 1 heterocycles. The Bertz CT molecular complexity index is 442. The standard InChI is InChI=1S/C15H24N2O2/c1-10(2)6-7-14(18)17-9-13-12(4)15(19-5)11(3)8-16-13/h8,10H,6-7,9H2,1-5H3,(H,17,18). The number of nitrogens with one attached hydrogen (secondary N) is 1. The lowest BCUT2D eigenvalue weighted by Crippen LogP contribution is -2.24. The fourth-order valence-corrected chi connectivity index (χ4v) is 1.94. The molecule has 0 aliphatic carbocycles. The Morgan fingerprint density at radius 3 is 2.68 bits per heavy atom. The maximum Gasteiger partial charge on any atom is 0.220 e. The van der Waals surface area contributed by atoms with Crippen molar-refractivity contribution in [2.45, 2.75) is 47.1 Å². The summed E-state index contributed by atoms with van der Waals surface area (Å²) in [6, 6.07) is 0. The number of methoxy groups -OCH3 is 1. The molecule has 106 valence electrons. The third kappa shape index (κ3) is 4.54. The first-order valence-corrected chi connectivity index (χ1v) is 6.71. The van der Waals surface area contributed by atoms with Crippen molar-refractivity contribution < 1.29 is 9.53 Å². The summed E-state index contributed by atoms with van der Waals surface area (Å²) in [5.41, 5.74) is 2.86. The molecule has 0 atom stereocenters. The molecule has 1 amide bonds. The number of hydrogen-bond acceptors (Lipinski definition) is 3. The molecule has 0 bridgehead atoms. The zero-order valence-corrected chi connectivity index (χ0v) is 12.5. The molecule has 4 nitrogen and oxygen atoms in total. The van der Waals surface area contributed by atoms with Gasteiger partial charge in [-0.25, -0.2) is 0 Å². The highest BCUT2D eigenvalue weighted by atomic mass is 16.5. The molecule has 0 fully saturated rings. The number of hydrogen-bond donors (Lipinski definition) is 1. The molecule has 0 aromatic carbocycles. The van der Waals surface area contributed by atoms with Crippen LogP contribution in [0.5, 0.6) is 5.75 Å². The number of rotatable bonds is 6. The molecule has 0 saturated heterocycles. The number of aryl methyl sites for hydroxylation is 1. The highest BCUT2D eigenvalue weighted by molar-refractivity contribution is 5.75. The van der Waals surface area contributed by atoms with Gasteiger partial charge < -0.3 is 10.1 Å². The van der Waals surface area contributed by atoms with E-state index in [-0.39, 0.29) is 5.91 Å². The molecule has 4 heteroatoms. The fourth-order valence-electron chi connectivity index (χ4n) is 1.94. The van der Waals surface area contributed by atoms with Crippen LogP contribution in [-0.4, -0.2) is 18.0 Å². The number of ether oxygens (including phenoxy) is 1. The highest BCUT2D eigenvalue weighted by Gasteiger charge is 2.10. The van der Waals surface area contributed by atoms with Crippen molar-refractivity contribution in [1.29, 1.82) is 0 Å². The fraction of sp³-hybridized carbons (Fsp3) is 0.600. The molecule has 0 unspecified atom stereocenters. The van der Waals surface area contributed by atoms with Crippen molar-refractivity contribution in [3.05, 3.63) is 23.0 Å². The van der Waals surface area contributed by atoms with Gasteiger partial charge >= 0.3 is 0 Å². The number of aromatic nitrogens is 1. The van der Waals surface area contributed by atoms with Gasteiger partial charge in [-0.15, -0.1) is 0 Å². The zero-order valence-electron chi connectivity index (χ0n) is 12.5. The van der Waals surface area contributed by atoms with Gasteiger partial charge in [0, 0.05) is 23.7 Å². The van der Waals surface area contributed by atoms with E-state index in [2.05, 4.69) is 24.1 Å². The van der Waals surface area contributed by atoms with Crippen LogP contribution in [0.3, 0.4) is 0 Å². The zero-order chi connectivity index (χ0) is 14.4. The van der Waals surface area contributed by atoms with E-state index >= 15 is 0 Å². The van der Waals surface area contributed by atoms with E-state index in [1.165, 1.54) is 0 Å². The molecular formula is C15H24N2O2. The first kappa shape index (κ1) is 15.5. The lowest BCUT2D eigenvalue weighted by atomic mass is 10.1. The van der Waals surface area contributed by atoms with Crippen LogP contribution in [0.25, 0.3) is 0 Å². The molecule has 0 aliphatic heterocycles. The summed E-state index contributed by atoms with van der Waals surface area (Å²) in [4.78, 5) is 16.0. The molecule has 1 aromatic rings. The monoisotopic (exact) mass is 264 g/mol. The molecule has 0 radical (unpaired) electrons. The van der Waals surface area contributed by atoms with Gasteiger partial charge in [0.05, 0.1) is 19.3 Å². The van der Waals surface area contributed by atoms with Gasteiger partial charge in [0.25, 0.3) is 0 Å². The van der Waals surface area contributed by atoms with Crippen molar-refractivity contribution in [2.24, 2.45) is 5.92 Å². The van der Waals surface area contributed by atoms with Crippen LogP contribution >= 0.6 is 0 Å². The van der Waals surface area contributed by atoms with Crippen LogP contribution in [0.1, 0.15) is 43.5 Å². The van der Waals surface area contributed by atoms with Crippen molar-refractivity contribution in [2.75, 3.05) is 7.11 Å². The minimum Gasteiger partial charge on any atom is -0.496 e. The topological polar surface area (TPSA) is 51.2 Å². The van der Waals surface area contributed by atoms with Crippen molar-refractivity contribution >= 4 is 5.91 Å². The minimum atomic E-state index is 0.0782. The first-order chi connectivity index (χ1) is 8.95. The minimum absolute atomic E-state index is 0.0782. The van der Waals surface area contributed by atoms with E-state index in [9.17, 15) is 4.79 Å². The van der Waals surface area contributed by atoms with Gasteiger partial charge in [-0.3, -0.25) is 9.78 Å². The maximum absolute atomic E-state index is 11.7. The van der Waals surface area contributed by atoms with Crippen LogP contribution in [0, 0.1) is 19.8 Å². The molecule has 0 aliphatic rings. The average molecular weight is 264 g/mol. The largest absolute Gasteiger partial charge is 0.496 e. The Balaban J connectivity index is 2.61. The van der Waals surface area contributed by atoms with Crippen LogP contribution in [0.15, 0.2) is 6.20 Å². The maximum atomic E-state index is 11.7.